The number of nitrogens with zero attached hydrogens (tertiary/aromatic N) is 1. The highest BCUT2D eigenvalue weighted by molar-refractivity contribution is 5.55. The molecular weight excluding hydrogens is 334 g/mol. The lowest BCUT2D eigenvalue weighted by atomic mass is 10.1. The van der Waals surface area contributed by atoms with Gasteiger partial charge in [0.25, 0.3) is 5.69 Å². The van der Waals surface area contributed by atoms with Gasteiger partial charge in [0.05, 0.1) is 11.5 Å². The summed E-state index contributed by atoms with van der Waals surface area (Å²) in [5.41, 5.74) is 2.13. The van der Waals surface area contributed by atoms with Gasteiger partial charge < -0.3 is 14.2 Å². The number of rotatable bonds is 12. The van der Waals surface area contributed by atoms with Gasteiger partial charge in [-0.2, -0.15) is 0 Å². The molecule has 1 heterocycles. The molecule has 0 bridgehead atoms. The molecular formula is C20H29NO5. The third kappa shape index (κ3) is 7.64. The van der Waals surface area contributed by atoms with Crippen molar-refractivity contribution in [2.24, 2.45) is 0 Å². The third-order valence-corrected chi connectivity index (χ3v) is 4.34. The monoisotopic (exact) mass is 363 g/mol. The minimum absolute atomic E-state index is 0.0959. The molecule has 26 heavy (non-hydrogen) atoms. The molecule has 1 fully saturated rings. The molecule has 1 aliphatic rings. The number of non-ortho nitro benzene ring substituents is 1. The largest absolute Gasteiger partial charge is 0.355 e. The predicted octanol–water partition coefficient (Wildman–Crippen LogP) is 5.08. The molecule has 1 saturated heterocycles. The van der Waals surface area contributed by atoms with Crippen molar-refractivity contribution in [2.45, 2.75) is 58.2 Å². The van der Waals surface area contributed by atoms with E-state index in [0.29, 0.717) is 13.0 Å². The third-order valence-electron chi connectivity index (χ3n) is 4.34. The highest BCUT2D eigenvalue weighted by Crippen LogP contribution is 2.23. The first kappa shape index (κ1) is 20.6. The summed E-state index contributed by atoms with van der Waals surface area (Å²) in [4.78, 5) is 10.3. The van der Waals surface area contributed by atoms with Crippen LogP contribution in [0.2, 0.25) is 0 Å². The first-order chi connectivity index (χ1) is 12.7. The van der Waals surface area contributed by atoms with E-state index in [1.54, 1.807) is 12.1 Å². The summed E-state index contributed by atoms with van der Waals surface area (Å²) in [6.07, 6.45) is 9.87. The van der Waals surface area contributed by atoms with Gasteiger partial charge in [-0.05, 0) is 29.7 Å². The maximum atomic E-state index is 10.7. The molecule has 0 amide bonds. The second kappa shape index (κ2) is 11.8. The van der Waals surface area contributed by atoms with Crippen molar-refractivity contribution in [1.82, 2.24) is 0 Å². The number of benzene rings is 1. The van der Waals surface area contributed by atoms with Crippen molar-refractivity contribution >= 4 is 11.8 Å². The lowest BCUT2D eigenvalue weighted by Gasteiger charge is -2.10. The standard InChI is InChI=1S/C20H29NO5/c1-2-3-4-5-6-7-12-24-16-26-20-14-18(15-25-20)13-17-8-10-19(11-9-17)21(22)23/h8-11,13,20H,2-7,12,14-16H2,1H3/b18-13-/t20-/m1/s1. The Bertz CT molecular complexity index is 570. The normalized spacial score (nSPS) is 18.5. The molecule has 0 N–H and O–H groups in total. The van der Waals surface area contributed by atoms with Crippen LogP contribution in [0.3, 0.4) is 0 Å². The fourth-order valence-electron chi connectivity index (χ4n) is 2.83. The molecule has 1 aliphatic heterocycles. The van der Waals surface area contributed by atoms with Crippen molar-refractivity contribution in [1.29, 1.82) is 0 Å². The topological polar surface area (TPSA) is 70.8 Å². The van der Waals surface area contributed by atoms with E-state index in [1.807, 2.05) is 6.08 Å². The number of ether oxygens (including phenoxy) is 3. The van der Waals surface area contributed by atoms with Gasteiger partial charge in [0, 0.05) is 25.2 Å². The molecule has 0 aromatic heterocycles. The van der Waals surface area contributed by atoms with E-state index in [1.165, 1.54) is 44.2 Å². The van der Waals surface area contributed by atoms with Crippen molar-refractivity contribution in [3.63, 3.8) is 0 Å². The summed E-state index contributed by atoms with van der Waals surface area (Å²) in [6, 6.07) is 6.49. The first-order valence-electron chi connectivity index (χ1n) is 9.44. The molecule has 0 aliphatic carbocycles. The zero-order valence-corrected chi connectivity index (χ0v) is 15.5. The number of nitro groups is 1. The zero-order valence-electron chi connectivity index (χ0n) is 15.5. The van der Waals surface area contributed by atoms with Crippen molar-refractivity contribution in [3.05, 3.63) is 45.5 Å². The number of nitro benzene ring substituents is 1. The minimum atomic E-state index is -0.398. The molecule has 6 heteroatoms. The fraction of sp³-hybridized carbons (Fsp3) is 0.600. The van der Waals surface area contributed by atoms with Crippen LogP contribution in [-0.2, 0) is 14.2 Å². The van der Waals surface area contributed by atoms with Crippen molar-refractivity contribution in [3.8, 4) is 0 Å². The molecule has 0 saturated carbocycles. The first-order valence-corrected chi connectivity index (χ1v) is 9.44. The Morgan fingerprint density at radius 2 is 1.92 bits per heavy atom. The van der Waals surface area contributed by atoms with Crippen LogP contribution < -0.4 is 0 Å². The zero-order chi connectivity index (χ0) is 18.6. The maximum Gasteiger partial charge on any atom is 0.269 e. The van der Waals surface area contributed by atoms with Crippen LogP contribution in [0.25, 0.3) is 6.08 Å². The van der Waals surface area contributed by atoms with Crippen LogP contribution >= 0.6 is 0 Å². The Kier molecular flexibility index (Phi) is 9.31. The second-order valence-electron chi connectivity index (χ2n) is 6.56. The van der Waals surface area contributed by atoms with Gasteiger partial charge in [-0.25, -0.2) is 0 Å². The summed E-state index contributed by atoms with van der Waals surface area (Å²) in [6.45, 7) is 3.71. The molecule has 0 radical (unpaired) electrons. The smallest absolute Gasteiger partial charge is 0.269 e. The van der Waals surface area contributed by atoms with E-state index in [-0.39, 0.29) is 18.8 Å². The van der Waals surface area contributed by atoms with Crippen LogP contribution in [-0.4, -0.2) is 31.2 Å². The molecule has 0 spiro atoms. The lowest BCUT2D eigenvalue weighted by Crippen LogP contribution is -2.13. The Balaban J connectivity index is 1.59. The molecule has 144 valence electrons. The summed E-state index contributed by atoms with van der Waals surface area (Å²) in [5.74, 6) is 0. The van der Waals surface area contributed by atoms with E-state index in [9.17, 15) is 10.1 Å². The summed E-state index contributed by atoms with van der Waals surface area (Å²) < 4.78 is 16.7. The average Bonchev–Trinajstić information content (AvgIpc) is 3.08. The van der Waals surface area contributed by atoms with Crippen molar-refractivity contribution in [2.75, 3.05) is 20.0 Å². The summed E-state index contributed by atoms with van der Waals surface area (Å²) in [7, 11) is 0. The van der Waals surface area contributed by atoms with Crippen LogP contribution in [0.15, 0.2) is 29.8 Å². The van der Waals surface area contributed by atoms with E-state index in [4.69, 9.17) is 14.2 Å². The quantitative estimate of drug-likeness (QED) is 0.224. The van der Waals surface area contributed by atoms with Gasteiger partial charge in [0.1, 0.15) is 6.79 Å². The van der Waals surface area contributed by atoms with Gasteiger partial charge in [-0.3, -0.25) is 10.1 Å². The summed E-state index contributed by atoms with van der Waals surface area (Å²) >= 11 is 0. The molecule has 1 atom stereocenters. The van der Waals surface area contributed by atoms with Gasteiger partial charge >= 0.3 is 0 Å². The van der Waals surface area contributed by atoms with Gasteiger partial charge in [0.2, 0.25) is 0 Å². The Labute approximate surface area is 155 Å². The van der Waals surface area contributed by atoms with E-state index in [0.717, 1.165) is 24.2 Å². The molecule has 0 unspecified atom stereocenters. The SMILES string of the molecule is CCCCCCCCOCO[C@@H]1C/C(=C/c2ccc([N+](=O)[O-])cc2)CO1. The van der Waals surface area contributed by atoms with Gasteiger partial charge in [0.15, 0.2) is 6.29 Å². The van der Waals surface area contributed by atoms with Crippen LogP contribution in [0, 0.1) is 10.1 Å². The fourth-order valence-corrected chi connectivity index (χ4v) is 2.83. The number of unbranched alkanes of at least 4 members (excludes halogenated alkanes) is 5. The van der Waals surface area contributed by atoms with Crippen LogP contribution in [0.5, 0.6) is 0 Å². The van der Waals surface area contributed by atoms with E-state index < -0.39 is 4.92 Å². The Morgan fingerprint density at radius 1 is 1.19 bits per heavy atom. The van der Waals surface area contributed by atoms with Crippen LogP contribution in [0.4, 0.5) is 5.69 Å². The maximum absolute atomic E-state index is 10.7. The summed E-state index contributed by atoms with van der Waals surface area (Å²) in [5, 5.41) is 10.7. The second-order valence-corrected chi connectivity index (χ2v) is 6.56. The van der Waals surface area contributed by atoms with Crippen LogP contribution in [0.1, 0.15) is 57.4 Å². The number of hydrogen-bond acceptors (Lipinski definition) is 5. The number of hydrogen-bond donors (Lipinski definition) is 0. The van der Waals surface area contributed by atoms with Crippen molar-refractivity contribution < 1.29 is 19.1 Å². The molecule has 2 rings (SSSR count). The lowest BCUT2D eigenvalue weighted by molar-refractivity contribution is -0.384. The molecule has 1 aromatic rings. The minimum Gasteiger partial charge on any atom is -0.355 e. The average molecular weight is 363 g/mol. The van der Waals surface area contributed by atoms with Gasteiger partial charge in [-0.15, -0.1) is 0 Å². The Hall–Kier alpha value is -1.76. The van der Waals surface area contributed by atoms with E-state index in [2.05, 4.69) is 6.92 Å². The Morgan fingerprint density at radius 3 is 2.65 bits per heavy atom. The highest BCUT2D eigenvalue weighted by atomic mass is 16.7. The molecule has 6 nitrogen and oxygen atoms in total. The van der Waals surface area contributed by atoms with E-state index >= 15 is 0 Å². The molecule has 1 aromatic carbocycles. The highest BCUT2D eigenvalue weighted by Gasteiger charge is 2.20. The van der Waals surface area contributed by atoms with Gasteiger partial charge in [-0.1, -0.05) is 45.1 Å². The predicted molar refractivity (Wildman–Crippen MR) is 101 cm³/mol.